The van der Waals surface area contributed by atoms with E-state index in [1.807, 2.05) is 24.3 Å². The van der Waals surface area contributed by atoms with Crippen LogP contribution in [-0.4, -0.2) is 0 Å². The van der Waals surface area contributed by atoms with Crippen molar-refractivity contribution >= 4 is 11.6 Å². The lowest BCUT2D eigenvalue weighted by Crippen LogP contribution is -2.34. The van der Waals surface area contributed by atoms with Crippen molar-refractivity contribution < 1.29 is 9.13 Å². The molecule has 1 aliphatic carbocycles. The predicted octanol–water partition coefficient (Wildman–Crippen LogP) is 14.3. The molecule has 0 N–H and O–H groups in total. The Hall–Kier alpha value is -7.55. The molecule has 0 bridgehead atoms. The lowest BCUT2D eigenvalue weighted by atomic mass is 9.63. The second-order valence-corrected chi connectivity index (χ2v) is 15.6. The van der Waals surface area contributed by atoms with Crippen LogP contribution in [0.4, 0.5) is 4.39 Å². The van der Waals surface area contributed by atoms with Gasteiger partial charge in [0.1, 0.15) is 17.3 Å². The van der Waals surface area contributed by atoms with Gasteiger partial charge in [0.05, 0.1) is 10.8 Å². The number of ether oxygens (including phenoxy) is 1. The fourth-order valence-corrected chi connectivity index (χ4v) is 10.1. The van der Waals surface area contributed by atoms with E-state index in [4.69, 9.17) is 4.74 Å². The van der Waals surface area contributed by atoms with Crippen LogP contribution in [0.15, 0.2) is 231 Å². The highest BCUT2D eigenvalue weighted by molar-refractivity contribution is 5.94. The van der Waals surface area contributed by atoms with Crippen molar-refractivity contribution in [3.8, 4) is 22.6 Å². The Morgan fingerprint density at radius 1 is 0.350 bits per heavy atom. The molecule has 11 rings (SSSR count). The molecule has 0 atom stereocenters. The van der Waals surface area contributed by atoms with Gasteiger partial charge in [-0.3, -0.25) is 0 Å². The van der Waals surface area contributed by atoms with Crippen LogP contribution in [0.25, 0.3) is 22.8 Å². The zero-order valence-corrected chi connectivity index (χ0v) is 32.8. The molecule has 284 valence electrons. The van der Waals surface area contributed by atoms with Crippen molar-refractivity contribution in [3.63, 3.8) is 0 Å². The van der Waals surface area contributed by atoms with E-state index >= 15 is 0 Å². The Morgan fingerprint density at radius 3 is 1.30 bits per heavy atom. The van der Waals surface area contributed by atoms with Gasteiger partial charge in [-0.1, -0.05) is 206 Å². The molecule has 0 radical (unpaired) electrons. The summed E-state index contributed by atoms with van der Waals surface area (Å²) in [5.74, 6) is 1.42. The third-order valence-electron chi connectivity index (χ3n) is 12.6. The van der Waals surface area contributed by atoms with E-state index in [2.05, 4.69) is 200 Å². The van der Waals surface area contributed by atoms with Crippen LogP contribution >= 0.6 is 0 Å². The topological polar surface area (TPSA) is 9.23 Å². The molecule has 1 heterocycles. The summed E-state index contributed by atoms with van der Waals surface area (Å²) < 4.78 is 21.2. The van der Waals surface area contributed by atoms with Crippen molar-refractivity contribution in [1.82, 2.24) is 0 Å². The number of fused-ring (bicyclic) bond motifs is 5. The number of halogens is 1. The molecule has 9 aromatic carbocycles. The first-order chi connectivity index (χ1) is 29.7. The summed E-state index contributed by atoms with van der Waals surface area (Å²) >= 11 is 0. The second kappa shape index (κ2) is 14.4. The smallest absolute Gasteiger partial charge is 0.132 e. The molecule has 0 fully saturated rings. The minimum atomic E-state index is -0.636. The van der Waals surface area contributed by atoms with Crippen molar-refractivity contribution in [2.75, 3.05) is 0 Å². The summed E-state index contributed by atoms with van der Waals surface area (Å²) in [6.45, 7) is 0. The maximum atomic E-state index is 14.6. The first kappa shape index (κ1) is 35.6. The molecule has 60 heavy (non-hydrogen) atoms. The van der Waals surface area contributed by atoms with Gasteiger partial charge in [0.2, 0.25) is 0 Å². The van der Waals surface area contributed by atoms with E-state index in [1.54, 1.807) is 12.1 Å². The molecular formula is C58H39FO. The Labute approximate surface area is 350 Å². The molecular weight excluding hydrogens is 732 g/mol. The summed E-state index contributed by atoms with van der Waals surface area (Å²) in [4.78, 5) is 0. The van der Waals surface area contributed by atoms with Gasteiger partial charge < -0.3 is 4.74 Å². The molecule has 0 spiro atoms. The van der Waals surface area contributed by atoms with E-state index in [0.29, 0.717) is 0 Å². The fraction of sp³-hybridized carbons (Fsp3) is 0.0345. The van der Waals surface area contributed by atoms with Gasteiger partial charge >= 0.3 is 0 Å². The number of hydrogen-bond donors (Lipinski definition) is 0. The number of para-hydroxylation sites is 2. The first-order valence-electron chi connectivity index (χ1n) is 20.5. The quantitative estimate of drug-likeness (QED) is 0.147. The van der Waals surface area contributed by atoms with Crippen molar-refractivity contribution in [2.24, 2.45) is 0 Å². The summed E-state index contributed by atoms with van der Waals surface area (Å²) in [5, 5.41) is 0. The summed E-state index contributed by atoms with van der Waals surface area (Å²) in [5.41, 5.74) is 14.7. The van der Waals surface area contributed by atoms with Gasteiger partial charge in [-0.15, -0.1) is 0 Å². The van der Waals surface area contributed by atoms with Crippen molar-refractivity contribution in [2.45, 2.75) is 10.8 Å². The van der Waals surface area contributed by atoms with Crippen molar-refractivity contribution in [3.05, 3.63) is 298 Å². The lowest BCUT2D eigenvalue weighted by Gasteiger charge is -2.41. The highest BCUT2D eigenvalue weighted by atomic mass is 19.1. The summed E-state index contributed by atoms with van der Waals surface area (Å²) in [7, 11) is 0. The van der Waals surface area contributed by atoms with Crippen LogP contribution in [0.1, 0.15) is 61.2 Å². The maximum Gasteiger partial charge on any atom is 0.132 e. The van der Waals surface area contributed by atoms with Crippen LogP contribution in [0.5, 0.6) is 11.5 Å². The minimum absolute atomic E-state index is 0.266. The van der Waals surface area contributed by atoms with Gasteiger partial charge in [-0.25, -0.2) is 4.39 Å². The molecule has 0 amide bonds. The zero-order chi connectivity index (χ0) is 40.1. The normalized spacial score (nSPS) is 14.2. The monoisotopic (exact) mass is 770 g/mol. The average Bonchev–Trinajstić information content (AvgIpc) is 3.62. The predicted molar refractivity (Wildman–Crippen MR) is 242 cm³/mol. The number of rotatable bonds is 7. The van der Waals surface area contributed by atoms with Gasteiger partial charge in [0, 0.05) is 11.1 Å². The molecule has 0 unspecified atom stereocenters. The third-order valence-corrected chi connectivity index (χ3v) is 12.6. The van der Waals surface area contributed by atoms with E-state index in [0.717, 1.165) is 56.0 Å². The van der Waals surface area contributed by atoms with E-state index in [1.165, 1.54) is 33.4 Å². The van der Waals surface area contributed by atoms with E-state index in [-0.39, 0.29) is 5.82 Å². The fourth-order valence-electron chi connectivity index (χ4n) is 10.1. The second-order valence-electron chi connectivity index (χ2n) is 15.6. The van der Waals surface area contributed by atoms with Crippen molar-refractivity contribution in [1.29, 1.82) is 0 Å². The molecule has 0 aromatic heterocycles. The average molecular weight is 771 g/mol. The highest BCUT2D eigenvalue weighted by Crippen LogP contribution is 2.58. The summed E-state index contributed by atoms with van der Waals surface area (Å²) in [6, 6.07) is 80.7. The first-order valence-corrected chi connectivity index (χ1v) is 20.5. The molecule has 1 nitrogen and oxygen atoms in total. The Morgan fingerprint density at radius 2 is 0.750 bits per heavy atom. The third kappa shape index (κ3) is 5.38. The number of hydrogen-bond acceptors (Lipinski definition) is 1. The Kier molecular flexibility index (Phi) is 8.53. The minimum Gasteiger partial charge on any atom is -0.457 e. The largest absolute Gasteiger partial charge is 0.457 e. The zero-order valence-electron chi connectivity index (χ0n) is 32.8. The SMILES string of the molecule is Fc1ccc(/C(=C\c2ccccc2C2(c3ccccc3)c3ccccc3-c3ccccc32)c2ccc(C3(c4ccccc4)c4ccccc4Oc4ccccc43)cc2)cc1. The maximum absolute atomic E-state index is 14.6. The Bertz CT molecular complexity index is 2960. The molecule has 2 aliphatic rings. The molecule has 0 saturated carbocycles. The van der Waals surface area contributed by atoms with Crippen LogP contribution in [0.2, 0.25) is 0 Å². The van der Waals surface area contributed by atoms with Crippen LogP contribution in [0, 0.1) is 5.82 Å². The molecule has 2 heteroatoms. The van der Waals surface area contributed by atoms with Gasteiger partial charge in [-0.2, -0.15) is 0 Å². The Balaban J connectivity index is 1.14. The molecule has 0 saturated heterocycles. The van der Waals surface area contributed by atoms with Gasteiger partial charge in [0.25, 0.3) is 0 Å². The van der Waals surface area contributed by atoms with Gasteiger partial charge in [-0.05, 0) is 97.1 Å². The standard InChI is InChI=1S/C58H39FO/c59-46-37-33-41(34-38-46)49(39-42-17-7-10-24-50(42)58(44-20-5-2-6-21-44)51-25-11-8-22-47(51)48-23-9-12-26-52(48)58)40-31-35-45(36-32-40)57(43-18-3-1-4-19-43)53-27-13-15-29-55(53)60-56-30-16-14-28-54(56)57/h1-39H/b49-39-. The van der Waals surface area contributed by atoms with Crippen LogP contribution in [0.3, 0.4) is 0 Å². The molecule has 1 aliphatic heterocycles. The van der Waals surface area contributed by atoms with E-state index < -0.39 is 10.8 Å². The van der Waals surface area contributed by atoms with Gasteiger partial charge in [0.15, 0.2) is 0 Å². The molecule has 9 aromatic rings. The van der Waals surface area contributed by atoms with Crippen LogP contribution in [-0.2, 0) is 10.8 Å². The van der Waals surface area contributed by atoms with Crippen LogP contribution < -0.4 is 4.74 Å². The summed E-state index contributed by atoms with van der Waals surface area (Å²) in [6.07, 6.45) is 2.30. The van der Waals surface area contributed by atoms with E-state index in [9.17, 15) is 4.39 Å². The number of benzene rings is 9. The highest BCUT2D eigenvalue weighted by Gasteiger charge is 2.47. The lowest BCUT2D eigenvalue weighted by molar-refractivity contribution is 0.434.